The molecule has 130 valence electrons. The van der Waals surface area contributed by atoms with Gasteiger partial charge in [0.1, 0.15) is 17.2 Å². The average molecular weight is 364 g/mol. The van der Waals surface area contributed by atoms with Gasteiger partial charge in [-0.2, -0.15) is 0 Å². The molecule has 0 radical (unpaired) electrons. The zero-order valence-electron chi connectivity index (χ0n) is 14.0. The summed E-state index contributed by atoms with van der Waals surface area (Å²) in [7, 11) is 1.62. The summed E-state index contributed by atoms with van der Waals surface area (Å²) < 4.78 is 5.20. The highest BCUT2D eigenvalue weighted by atomic mass is 32.2. The molecule has 3 aromatic carbocycles. The Bertz CT molecular complexity index is 940. The number of ether oxygens (including phenoxy) is 1. The van der Waals surface area contributed by atoms with Crippen LogP contribution in [-0.2, 0) is 0 Å². The van der Waals surface area contributed by atoms with Gasteiger partial charge in [0, 0.05) is 4.90 Å². The molecule has 26 heavy (non-hydrogen) atoms. The number of ketones is 1. The molecule has 0 aromatic heterocycles. The Morgan fingerprint density at radius 2 is 1.38 bits per heavy atom. The maximum absolute atomic E-state index is 12.9. The molecule has 0 bridgehead atoms. The summed E-state index contributed by atoms with van der Waals surface area (Å²) >= 11 is 1.56. The lowest BCUT2D eigenvalue weighted by atomic mass is 9.83. The van der Waals surface area contributed by atoms with Crippen LogP contribution in [0.1, 0.15) is 32.3 Å². The van der Waals surface area contributed by atoms with Gasteiger partial charge in [0.25, 0.3) is 0 Å². The number of thioether (sulfide) groups is 1. The number of fused-ring (bicyclic) bond motifs is 2. The summed E-state index contributed by atoms with van der Waals surface area (Å²) in [5, 5.41) is 20.3. The summed E-state index contributed by atoms with van der Waals surface area (Å²) in [5.74, 6) is 0.283. The second-order valence-corrected chi connectivity index (χ2v) is 7.16. The molecule has 4 rings (SSSR count). The van der Waals surface area contributed by atoms with Gasteiger partial charge < -0.3 is 14.9 Å². The first-order chi connectivity index (χ1) is 12.6. The van der Waals surface area contributed by atoms with E-state index in [2.05, 4.69) is 0 Å². The van der Waals surface area contributed by atoms with Crippen molar-refractivity contribution < 1.29 is 19.7 Å². The highest BCUT2D eigenvalue weighted by Gasteiger charge is 2.35. The van der Waals surface area contributed by atoms with Crippen LogP contribution in [0.25, 0.3) is 0 Å². The van der Waals surface area contributed by atoms with Gasteiger partial charge >= 0.3 is 0 Å². The number of phenols is 2. The Labute approximate surface area is 155 Å². The number of methoxy groups -OCH3 is 1. The third-order valence-electron chi connectivity index (χ3n) is 4.48. The molecule has 0 fully saturated rings. The zero-order chi connectivity index (χ0) is 18.3. The van der Waals surface area contributed by atoms with Crippen molar-refractivity contribution in [1.82, 2.24) is 0 Å². The SMILES string of the molecule is COc1ccc(SC2c3cccc(O)c3C(=O)c3c(O)cccc32)cc1. The van der Waals surface area contributed by atoms with Crippen molar-refractivity contribution in [2.75, 3.05) is 7.11 Å². The van der Waals surface area contributed by atoms with Crippen molar-refractivity contribution in [2.24, 2.45) is 0 Å². The fourth-order valence-electron chi connectivity index (χ4n) is 3.26. The smallest absolute Gasteiger partial charge is 0.201 e. The molecular formula is C21H16O4S. The van der Waals surface area contributed by atoms with Crippen LogP contribution in [0.15, 0.2) is 65.6 Å². The minimum atomic E-state index is -0.349. The van der Waals surface area contributed by atoms with Crippen molar-refractivity contribution >= 4 is 17.5 Å². The zero-order valence-corrected chi connectivity index (χ0v) is 14.8. The van der Waals surface area contributed by atoms with Crippen LogP contribution >= 0.6 is 11.8 Å². The monoisotopic (exact) mass is 364 g/mol. The fourth-order valence-corrected chi connectivity index (χ4v) is 4.47. The Hall–Kier alpha value is -2.92. The first-order valence-corrected chi connectivity index (χ1v) is 8.97. The van der Waals surface area contributed by atoms with E-state index in [1.165, 1.54) is 12.1 Å². The van der Waals surface area contributed by atoms with Crippen molar-refractivity contribution in [3.8, 4) is 17.2 Å². The average Bonchev–Trinajstić information content (AvgIpc) is 2.65. The molecule has 4 nitrogen and oxygen atoms in total. The molecule has 1 aliphatic carbocycles. The molecule has 0 aliphatic heterocycles. The van der Waals surface area contributed by atoms with Gasteiger partial charge in [-0.05, 0) is 47.5 Å². The third kappa shape index (κ3) is 2.61. The van der Waals surface area contributed by atoms with E-state index in [-0.39, 0.29) is 33.7 Å². The van der Waals surface area contributed by atoms with Gasteiger partial charge in [0.2, 0.25) is 5.78 Å². The molecule has 0 amide bonds. The van der Waals surface area contributed by atoms with Gasteiger partial charge in [-0.3, -0.25) is 4.79 Å². The maximum Gasteiger partial charge on any atom is 0.201 e. The number of hydrogen-bond donors (Lipinski definition) is 2. The quantitative estimate of drug-likeness (QED) is 0.715. The standard InChI is InChI=1S/C21H16O4S/c1-25-12-8-10-13(11-9-12)26-21-14-4-2-6-16(22)18(14)20(24)19-15(21)5-3-7-17(19)23/h2-11,21-23H,1H3. The lowest BCUT2D eigenvalue weighted by Crippen LogP contribution is -2.18. The highest BCUT2D eigenvalue weighted by Crippen LogP contribution is 2.50. The van der Waals surface area contributed by atoms with Crippen LogP contribution in [-0.4, -0.2) is 23.1 Å². The summed E-state index contributed by atoms with van der Waals surface area (Å²) in [6.07, 6.45) is 0. The van der Waals surface area contributed by atoms with E-state index < -0.39 is 0 Å². The molecule has 0 atom stereocenters. The van der Waals surface area contributed by atoms with Crippen LogP contribution in [0.5, 0.6) is 17.2 Å². The predicted octanol–water partition coefficient (Wildman–Crippen LogP) is 4.53. The van der Waals surface area contributed by atoms with Crippen molar-refractivity contribution in [2.45, 2.75) is 10.1 Å². The van der Waals surface area contributed by atoms with Crippen LogP contribution in [0.4, 0.5) is 0 Å². The topological polar surface area (TPSA) is 66.8 Å². The van der Waals surface area contributed by atoms with Crippen molar-refractivity contribution in [1.29, 1.82) is 0 Å². The number of carbonyl (C=O) groups excluding carboxylic acids is 1. The van der Waals surface area contributed by atoms with Gasteiger partial charge in [0.05, 0.1) is 23.5 Å². The Kier molecular flexibility index (Phi) is 4.09. The van der Waals surface area contributed by atoms with E-state index in [0.717, 1.165) is 21.8 Å². The second-order valence-electron chi connectivity index (χ2n) is 5.99. The van der Waals surface area contributed by atoms with E-state index in [9.17, 15) is 15.0 Å². The number of rotatable bonds is 3. The fraction of sp³-hybridized carbons (Fsp3) is 0.0952. The van der Waals surface area contributed by atoms with E-state index in [0.29, 0.717) is 0 Å². The van der Waals surface area contributed by atoms with Gasteiger partial charge in [-0.1, -0.05) is 24.3 Å². The van der Waals surface area contributed by atoms with Crippen LogP contribution in [0.2, 0.25) is 0 Å². The predicted molar refractivity (Wildman–Crippen MR) is 100 cm³/mol. The van der Waals surface area contributed by atoms with Crippen LogP contribution in [0.3, 0.4) is 0 Å². The minimum Gasteiger partial charge on any atom is -0.507 e. The lowest BCUT2D eigenvalue weighted by Gasteiger charge is -2.28. The van der Waals surface area contributed by atoms with Crippen LogP contribution in [0, 0.1) is 0 Å². The normalized spacial score (nSPS) is 13.2. The van der Waals surface area contributed by atoms with Gasteiger partial charge in [0.15, 0.2) is 0 Å². The van der Waals surface area contributed by atoms with Gasteiger partial charge in [-0.15, -0.1) is 11.8 Å². The Morgan fingerprint density at radius 3 is 1.88 bits per heavy atom. The summed E-state index contributed by atoms with van der Waals surface area (Å²) in [6.45, 7) is 0. The summed E-state index contributed by atoms with van der Waals surface area (Å²) in [4.78, 5) is 13.9. The Balaban J connectivity index is 1.86. The summed E-state index contributed by atoms with van der Waals surface area (Å²) in [6, 6.07) is 17.8. The third-order valence-corrected chi connectivity index (χ3v) is 5.77. The molecule has 1 aliphatic rings. The van der Waals surface area contributed by atoms with E-state index in [4.69, 9.17) is 4.74 Å². The molecule has 0 heterocycles. The number of aromatic hydroxyl groups is 2. The summed E-state index contributed by atoms with van der Waals surface area (Å²) in [5.41, 5.74) is 2.00. The first kappa shape index (κ1) is 16.5. The van der Waals surface area contributed by atoms with Crippen molar-refractivity contribution in [3.63, 3.8) is 0 Å². The van der Waals surface area contributed by atoms with E-state index in [1.807, 2.05) is 36.4 Å². The molecule has 0 spiro atoms. The molecule has 5 heteroatoms. The number of hydrogen-bond acceptors (Lipinski definition) is 5. The van der Waals surface area contributed by atoms with Gasteiger partial charge in [-0.25, -0.2) is 0 Å². The highest BCUT2D eigenvalue weighted by molar-refractivity contribution is 7.99. The lowest BCUT2D eigenvalue weighted by molar-refractivity contribution is 0.102. The van der Waals surface area contributed by atoms with Crippen LogP contribution < -0.4 is 4.74 Å². The first-order valence-electron chi connectivity index (χ1n) is 8.09. The van der Waals surface area contributed by atoms with E-state index >= 15 is 0 Å². The number of carbonyl (C=O) groups is 1. The molecule has 3 aromatic rings. The number of benzene rings is 3. The van der Waals surface area contributed by atoms with E-state index in [1.54, 1.807) is 31.0 Å². The number of phenolic OH excluding ortho intramolecular Hbond substituents is 2. The van der Waals surface area contributed by atoms with Crippen molar-refractivity contribution in [3.05, 3.63) is 82.9 Å². The molecule has 0 unspecified atom stereocenters. The largest absolute Gasteiger partial charge is 0.507 e. The minimum absolute atomic E-state index is 0.0678. The Morgan fingerprint density at radius 1 is 0.846 bits per heavy atom. The molecule has 0 saturated heterocycles. The maximum atomic E-state index is 12.9. The molecule has 2 N–H and O–H groups in total. The second kappa shape index (κ2) is 6.42. The molecular weight excluding hydrogens is 348 g/mol. The molecule has 0 saturated carbocycles.